The number of benzene rings is 1. The van der Waals surface area contributed by atoms with Gasteiger partial charge in [-0.1, -0.05) is 32.0 Å². The molecule has 1 aliphatic heterocycles. The molecule has 0 saturated heterocycles. The topological polar surface area (TPSA) is 56.1 Å². The van der Waals surface area contributed by atoms with Crippen molar-refractivity contribution in [2.24, 2.45) is 5.92 Å². The Morgan fingerprint density at radius 1 is 1.48 bits per heavy atom. The van der Waals surface area contributed by atoms with Crippen molar-refractivity contribution in [3.8, 4) is 5.75 Å². The van der Waals surface area contributed by atoms with Gasteiger partial charge in [0.2, 0.25) is 0 Å². The van der Waals surface area contributed by atoms with Crippen LogP contribution in [0.1, 0.15) is 47.8 Å². The molecule has 1 aromatic heterocycles. The van der Waals surface area contributed by atoms with E-state index >= 15 is 0 Å². The molecule has 0 aliphatic carbocycles. The monoisotopic (exact) mass is 313 g/mol. The average Bonchev–Trinajstić information content (AvgIpc) is 2.96. The molecule has 1 aliphatic rings. The fourth-order valence-corrected chi connectivity index (χ4v) is 2.93. The Bertz CT molecular complexity index is 706. The molecule has 122 valence electrons. The van der Waals surface area contributed by atoms with Gasteiger partial charge >= 0.3 is 0 Å². The van der Waals surface area contributed by atoms with Gasteiger partial charge in [0.05, 0.1) is 24.4 Å². The molecule has 0 spiro atoms. The number of nitrogens with one attached hydrogen (secondary N) is 1. The number of rotatable bonds is 4. The van der Waals surface area contributed by atoms with Crippen LogP contribution in [-0.2, 0) is 6.54 Å². The predicted molar refractivity (Wildman–Crippen MR) is 88.6 cm³/mol. The molecule has 23 heavy (non-hydrogen) atoms. The Kier molecular flexibility index (Phi) is 4.37. The van der Waals surface area contributed by atoms with Crippen LogP contribution < -0.4 is 10.1 Å². The van der Waals surface area contributed by atoms with Gasteiger partial charge in [-0.2, -0.15) is 5.10 Å². The smallest absolute Gasteiger partial charge is 0.254 e. The number of para-hydroxylation sites is 1. The first kappa shape index (κ1) is 15.6. The molecule has 1 atom stereocenters. The Balaban J connectivity index is 1.74. The highest BCUT2D eigenvalue weighted by Gasteiger charge is 2.24. The lowest BCUT2D eigenvalue weighted by Gasteiger charge is -2.27. The summed E-state index contributed by atoms with van der Waals surface area (Å²) in [5.41, 5.74) is 2.76. The summed E-state index contributed by atoms with van der Waals surface area (Å²) in [7, 11) is 0. The van der Waals surface area contributed by atoms with Gasteiger partial charge in [0.25, 0.3) is 5.91 Å². The number of carbonyl (C=O) groups excluding carboxylic acids is 1. The van der Waals surface area contributed by atoms with Gasteiger partial charge in [-0.05, 0) is 18.4 Å². The van der Waals surface area contributed by atoms with Crippen LogP contribution >= 0.6 is 0 Å². The van der Waals surface area contributed by atoms with Crippen LogP contribution in [0.5, 0.6) is 5.75 Å². The van der Waals surface area contributed by atoms with Crippen molar-refractivity contribution in [2.45, 2.75) is 39.8 Å². The molecule has 1 aromatic carbocycles. The Morgan fingerprint density at radius 2 is 2.30 bits per heavy atom. The second-order valence-electron chi connectivity index (χ2n) is 6.50. The molecular weight excluding hydrogens is 290 g/mol. The minimum Gasteiger partial charge on any atom is -0.493 e. The van der Waals surface area contributed by atoms with Gasteiger partial charge in [0.1, 0.15) is 5.75 Å². The number of aromatic nitrogens is 2. The van der Waals surface area contributed by atoms with E-state index in [-0.39, 0.29) is 11.9 Å². The molecule has 2 heterocycles. The number of hydrogen-bond acceptors (Lipinski definition) is 3. The zero-order valence-electron chi connectivity index (χ0n) is 13.9. The van der Waals surface area contributed by atoms with Crippen molar-refractivity contribution in [2.75, 3.05) is 6.61 Å². The molecule has 0 bridgehead atoms. The molecule has 5 nitrogen and oxygen atoms in total. The predicted octanol–water partition coefficient (Wildman–Crippen LogP) is 3.10. The highest BCUT2D eigenvalue weighted by molar-refractivity contribution is 5.94. The second-order valence-corrected chi connectivity index (χ2v) is 6.50. The summed E-state index contributed by atoms with van der Waals surface area (Å²) >= 11 is 0. The second kappa shape index (κ2) is 6.44. The molecule has 3 rings (SSSR count). The molecule has 1 amide bonds. The van der Waals surface area contributed by atoms with Gasteiger partial charge in [-0.25, -0.2) is 0 Å². The van der Waals surface area contributed by atoms with Crippen molar-refractivity contribution in [1.29, 1.82) is 0 Å². The van der Waals surface area contributed by atoms with E-state index in [0.717, 1.165) is 29.8 Å². The Labute approximate surface area is 136 Å². The zero-order valence-corrected chi connectivity index (χ0v) is 13.9. The van der Waals surface area contributed by atoms with Gasteiger partial charge in [-0.15, -0.1) is 0 Å². The van der Waals surface area contributed by atoms with E-state index in [0.29, 0.717) is 18.1 Å². The maximum atomic E-state index is 12.5. The van der Waals surface area contributed by atoms with Gasteiger partial charge < -0.3 is 10.1 Å². The summed E-state index contributed by atoms with van der Waals surface area (Å²) in [5.74, 6) is 1.31. The molecule has 0 fully saturated rings. The third kappa shape index (κ3) is 3.38. The molecule has 0 radical (unpaired) electrons. The van der Waals surface area contributed by atoms with E-state index in [4.69, 9.17) is 4.74 Å². The number of nitrogens with zero attached hydrogens (tertiary/aromatic N) is 2. The van der Waals surface area contributed by atoms with Gasteiger partial charge in [0.15, 0.2) is 0 Å². The van der Waals surface area contributed by atoms with Crippen molar-refractivity contribution < 1.29 is 9.53 Å². The number of carbonyl (C=O) groups is 1. The summed E-state index contributed by atoms with van der Waals surface area (Å²) in [4.78, 5) is 12.5. The molecule has 2 aromatic rings. The zero-order chi connectivity index (χ0) is 16.4. The van der Waals surface area contributed by atoms with E-state index in [9.17, 15) is 4.79 Å². The fraction of sp³-hybridized carbons (Fsp3) is 0.444. The van der Waals surface area contributed by atoms with Crippen molar-refractivity contribution >= 4 is 5.91 Å². The van der Waals surface area contributed by atoms with Crippen molar-refractivity contribution in [3.63, 3.8) is 0 Å². The maximum Gasteiger partial charge on any atom is 0.254 e. The first-order chi connectivity index (χ1) is 11.0. The first-order valence-corrected chi connectivity index (χ1v) is 8.10. The number of aryl methyl sites for hydroxylation is 1. The van der Waals surface area contributed by atoms with E-state index in [1.54, 1.807) is 6.20 Å². The fourth-order valence-electron chi connectivity index (χ4n) is 2.93. The van der Waals surface area contributed by atoms with Crippen LogP contribution in [0, 0.1) is 12.8 Å². The molecule has 1 N–H and O–H groups in total. The minimum atomic E-state index is -0.0839. The van der Waals surface area contributed by atoms with Crippen molar-refractivity contribution in [1.82, 2.24) is 15.1 Å². The van der Waals surface area contributed by atoms with E-state index < -0.39 is 0 Å². The third-order valence-corrected chi connectivity index (χ3v) is 4.02. The van der Waals surface area contributed by atoms with Crippen LogP contribution in [0.15, 0.2) is 30.6 Å². The first-order valence-electron chi connectivity index (χ1n) is 8.10. The SMILES string of the molecule is Cc1cccc2c1OCC[C@@H]2NC(=O)c1cnn(CC(C)C)c1. The Hall–Kier alpha value is -2.30. The normalized spacial score (nSPS) is 16.8. The molecule has 0 unspecified atom stereocenters. The van der Waals surface area contributed by atoms with Crippen LogP contribution in [0.4, 0.5) is 0 Å². The Morgan fingerprint density at radius 3 is 3.09 bits per heavy atom. The highest BCUT2D eigenvalue weighted by atomic mass is 16.5. The van der Waals surface area contributed by atoms with E-state index in [1.807, 2.05) is 36.0 Å². The highest BCUT2D eigenvalue weighted by Crippen LogP contribution is 2.34. The summed E-state index contributed by atoms with van der Waals surface area (Å²) in [6.07, 6.45) is 4.22. The van der Waals surface area contributed by atoms with Crippen LogP contribution in [-0.4, -0.2) is 22.3 Å². The lowest BCUT2D eigenvalue weighted by atomic mass is 9.98. The van der Waals surface area contributed by atoms with E-state index in [2.05, 4.69) is 24.3 Å². The molecule has 0 saturated carbocycles. The quantitative estimate of drug-likeness (QED) is 0.943. The van der Waals surface area contributed by atoms with Gasteiger partial charge in [-0.3, -0.25) is 9.48 Å². The summed E-state index contributed by atoms with van der Waals surface area (Å²) < 4.78 is 7.57. The van der Waals surface area contributed by atoms with Crippen LogP contribution in [0.25, 0.3) is 0 Å². The number of fused-ring (bicyclic) bond motifs is 1. The minimum absolute atomic E-state index is 0.0143. The molecule has 5 heteroatoms. The summed E-state index contributed by atoms with van der Waals surface area (Å²) in [6.45, 7) is 7.71. The average molecular weight is 313 g/mol. The number of amides is 1. The van der Waals surface area contributed by atoms with Gasteiger partial charge in [0, 0.05) is 24.7 Å². The number of ether oxygens (including phenoxy) is 1. The summed E-state index contributed by atoms with van der Waals surface area (Å²) in [5, 5.41) is 7.37. The molecular formula is C18H23N3O2. The van der Waals surface area contributed by atoms with E-state index in [1.165, 1.54) is 0 Å². The van der Waals surface area contributed by atoms with Crippen LogP contribution in [0.2, 0.25) is 0 Å². The number of hydrogen-bond donors (Lipinski definition) is 1. The van der Waals surface area contributed by atoms with Crippen LogP contribution in [0.3, 0.4) is 0 Å². The third-order valence-electron chi connectivity index (χ3n) is 4.02. The lowest BCUT2D eigenvalue weighted by molar-refractivity contribution is 0.0924. The largest absolute Gasteiger partial charge is 0.493 e. The summed E-state index contributed by atoms with van der Waals surface area (Å²) in [6, 6.07) is 6.04. The lowest BCUT2D eigenvalue weighted by Crippen LogP contribution is -2.32. The standard InChI is InChI=1S/C18H23N3O2/c1-12(2)10-21-11-14(9-19-21)18(22)20-16-7-8-23-17-13(3)5-4-6-15(16)17/h4-6,9,11-12,16H,7-8,10H2,1-3H3,(H,20,22)/t16-/m0/s1. The maximum absolute atomic E-state index is 12.5. The van der Waals surface area contributed by atoms with Crippen molar-refractivity contribution in [3.05, 3.63) is 47.3 Å².